The van der Waals surface area contributed by atoms with Crippen molar-refractivity contribution in [2.75, 3.05) is 26.7 Å². The third-order valence-corrected chi connectivity index (χ3v) is 3.36. The highest BCUT2D eigenvalue weighted by Crippen LogP contribution is 2.15. The van der Waals surface area contributed by atoms with Gasteiger partial charge in [0.25, 0.3) is 0 Å². The molecule has 13 heavy (non-hydrogen) atoms. The van der Waals surface area contributed by atoms with Gasteiger partial charge in [0.2, 0.25) is 0 Å². The zero-order chi connectivity index (χ0) is 9.84. The molecule has 0 bridgehead atoms. The second-order valence-corrected chi connectivity index (χ2v) is 4.76. The highest BCUT2D eigenvalue weighted by molar-refractivity contribution is 4.80. The first-order valence-corrected chi connectivity index (χ1v) is 5.53. The lowest BCUT2D eigenvalue weighted by molar-refractivity contribution is 0.246. The van der Waals surface area contributed by atoms with Crippen molar-refractivity contribution < 1.29 is 0 Å². The van der Waals surface area contributed by atoms with Crippen molar-refractivity contribution in [2.24, 2.45) is 11.8 Å². The monoisotopic (exact) mass is 184 g/mol. The molecule has 2 unspecified atom stereocenters. The van der Waals surface area contributed by atoms with E-state index in [0.29, 0.717) is 0 Å². The van der Waals surface area contributed by atoms with Gasteiger partial charge in [0.1, 0.15) is 0 Å². The standard InChI is InChI=1S/C11H24N2/c1-9(2)10(3)7-13-6-5-11(8-13)12-4/h9-12H,5-8H2,1-4H3. The zero-order valence-corrected chi connectivity index (χ0v) is 9.51. The van der Waals surface area contributed by atoms with Crippen molar-refractivity contribution in [1.29, 1.82) is 0 Å². The summed E-state index contributed by atoms with van der Waals surface area (Å²) in [5.41, 5.74) is 0. The predicted molar refractivity (Wildman–Crippen MR) is 57.9 cm³/mol. The highest BCUT2D eigenvalue weighted by Gasteiger charge is 2.22. The summed E-state index contributed by atoms with van der Waals surface area (Å²) in [5, 5.41) is 3.35. The van der Waals surface area contributed by atoms with Crippen molar-refractivity contribution in [3.63, 3.8) is 0 Å². The molecule has 0 aliphatic carbocycles. The molecule has 1 fully saturated rings. The number of likely N-dealkylation sites (N-methyl/N-ethyl adjacent to an activating group) is 1. The Kier molecular flexibility index (Phi) is 4.20. The fourth-order valence-corrected chi connectivity index (χ4v) is 1.85. The smallest absolute Gasteiger partial charge is 0.0204 e. The van der Waals surface area contributed by atoms with Crippen LogP contribution in [0.5, 0.6) is 0 Å². The third kappa shape index (κ3) is 3.28. The summed E-state index contributed by atoms with van der Waals surface area (Å²) in [6.07, 6.45) is 1.32. The first kappa shape index (κ1) is 11.0. The van der Waals surface area contributed by atoms with Gasteiger partial charge in [-0.1, -0.05) is 20.8 Å². The molecule has 0 aromatic heterocycles. The van der Waals surface area contributed by atoms with Gasteiger partial charge in [0.15, 0.2) is 0 Å². The van der Waals surface area contributed by atoms with Gasteiger partial charge in [-0.3, -0.25) is 0 Å². The van der Waals surface area contributed by atoms with Crippen LogP contribution in [0.2, 0.25) is 0 Å². The SMILES string of the molecule is CNC1CCN(CC(C)C(C)C)C1. The second-order valence-electron chi connectivity index (χ2n) is 4.76. The van der Waals surface area contributed by atoms with E-state index in [0.717, 1.165) is 17.9 Å². The van der Waals surface area contributed by atoms with Crippen molar-refractivity contribution >= 4 is 0 Å². The Morgan fingerprint density at radius 1 is 1.38 bits per heavy atom. The number of nitrogens with one attached hydrogen (secondary N) is 1. The highest BCUT2D eigenvalue weighted by atomic mass is 15.2. The maximum absolute atomic E-state index is 3.35. The van der Waals surface area contributed by atoms with Gasteiger partial charge in [-0.2, -0.15) is 0 Å². The Balaban J connectivity index is 2.23. The lowest BCUT2D eigenvalue weighted by Gasteiger charge is -2.23. The van der Waals surface area contributed by atoms with Crippen molar-refractivity contribution in [2.45, 2.75) is 33.2 Å². The molecular formula is C11H24N2. The molecule has 0 aromatic rings. The van der Waals surface area contributed by atoms with Gasteiger partial charge < -0.3 is 10.2 Å². The van der Waals surface area contributed by atoms with Crippen molar-refractivity contribution in [1.82, 2.24) is 10.2 Å². The van der Waals surface area contributed by atoms with Gasteiger partial charge in [0, 0.05) is 19.1 Å². The lowest BCUT2D eigenvalue weighted by atomic mass is 9.98. The van der Waals surface area contributed by atoms with Crippen LogP contribution in [0.25, 0.3) is 0 Å². The molecule has 1 N–H and O–H groups in total. The average molecular weight is 184 g/mol. The van der Waals surface area contributed by atoms with Gasteiger partial charge in [-0.05, 0) is 31.8 Å². The van der Waals surface area contributed by atoms with E-state index in [1.54, 1.807) is 0 Å². The quantitative estimate of drug-likeness (QED) is 0.713. The molecule has 1 rings (SSSR count). The van der Waals surface area contributed by atoms with Crippen LogP contribution in [0.15, 0.2) is 0 Å². The van der Waals surface area contributed by atoms with Crippen LogP contribution in [-0.4, -0.2) is 37.6 Å². The van der Waals surface area contributed by atoms with Crippen LogP contribution >= 0.6 is 0 Å². The van der Waals surface area contributed by atoms with E-state index >= 15 is 0 Å². The molecule has 0 spiro atoms. The Morgan fingerprint density at radius 3 is 2.54 bits per heavy atom. The molecule has 78 valence electrons. The minimum absolute atomic E-state index is 0.736. The Labute approximate surface area is 82.7 Å². The molecule has 1 saturated heterocycles. The van der Waals surface area contributed by atoms with Gasteiger partial charge >= 0.3 is 0 Å². The van der Waals surface area contributed by atoms with Crippen LogP contribution in [-0.2, 0) is 0 Å². The summed E-state index contributed by atoms with van der Waals surface area (Å²) in [5.74, 6) is 1.64. The van der Waals surface area contributed by atoms with Crippen LogP contribution < -0.4 is 5.32 Å². The largest absolute Gasteiger partial charge is 0.316 e. The zero-order valence-electron chi connectivity index (χ0n) is 9.51. The minimum Gasteiger partial charge on any atom is -0.316 e. The topological polar surface area (TPSA) is 15.3 Å². The average Bonchev–Trinajstić information content (AvgIpc) is 2.52. The number of rotatable bonds is 4. The summed E-state index contributed by atoms with van der Waals surface area (Å²) < 4.78 is 0. The number of hydrogen-bond donors (Lipinski definition) is 1. The normalized spacial score (nSPS) is 27.0. The predicted octanol–water partition coefficient (Wildman–Crippen LogP) is 1.57. The first-order chi connectivity index (χ1) is 6.13. The molecule has 0 saturated carbocycles. The molecule has 2 heteroatoms. The maximum atomic E-state index is 3.35. The summed E-state index contributed by atoms with van der Waals surface area (Å²) in [4.78, 5) is 2.59. The summed E-state index contributed by atoms with van der Waals surface area (Å²) in [7, 11) is 2.07. The molecule has 2 nitrogen and oxygen atoms in total. The maximum Gasteiger partial charge on any atom is 0.0204 e. The van der Waals surface area contributed by atoms with E-state index in [2.05, 4.69) is 38.0 Å². The summed E-state index contributed by atoms with van der Waals surface area (Å²) in [6.45, 7) is 10.8. The number of nitrogens with zero attached hydrogens (tertiary/aromatic N) is 1. The van der Waals surface area contributed by atoms with Crippen LogP contribution in [0.4, 0.5) is 0 Å². The second kappa shape index (κ2) is 4.97. The van der Waals surface area contributed by atoms with E-state index in [9.17, 15) is 0 Å². The Bertz CT molecular complexity index is 145. The van der Waals surface area contributed by atoms with Crippen molar-refractivity contribution in [3.8, 4) is 0 Å². The fraction of sp³-hybridized carbons (Fsp3) is 1.00. The van der Waals surface area contributed by atoms with Gasteiger partial charge in [0.05, 0.1) is 0 Å². The van der Waals surface area contributed by atoms with Crippen LogP contribution in [0.1, 0.15) is 27.2 Å². The molecular weight excluding hydrogens is 160 g/mol. The van der Waals surface area contributed by atoms with Gasteiger partial charge in [-0.25, -0.2) is 0 Å². The number of hydrogen-bond acceptors (Lipinski definition) is 2. The van der Waals surface area contributed by atoms with Crippen LogP contribution in [0.3, 0.4) is 0 Å². The van der Waals surface area contributed by atoms with Gasteiger partial charge in [-0.15, -0.1) is 0 Å². The van der Waals surface area contributed by atoms with E-state index in [1.807, 2.05) is 0 Å². The van der Waals surface area contributed by atoms with E-state index in [-0.39, 0.29) is 0 Å². The molecule has 1 heterocycles. The molecule has 1 aliphatic rings. The summed E-state index contributed by atoms with van der Waals surface area (Å²) >= 11 is 0. The van der Waals surface area contributed by atoms with E-state index in [4.69, 9.17) is 0 Å². The fourth-order valence-electron chi connectivity index (χ4n) is 1.85. The molecule has 0 radical (unpaired) electrons. The Morgan fingerprint density at radius 2 is 2.08 bits per heavy atom. The lowest BCUT2D eigenvalue weighted by Crippen LogP contribution is -2.32. The number of likely N-dealkylation sites (tertiary alicyclic amines) is 1. The van der Waals surface area contributed by atoms with E-state index in [1.165, 1.54) is 26.1 Å². The molecule has 0 amide bonds. The van der Waals surface area contributed by atoms with Crippen LogP contribution in [0, 0.1) is 11.8 Å². The Hall–Kier alpha value is -0.0800. The minimum atomic E-state index is 0.736. The molecule has 2 atom stereocenters. The summed E-state index contributed by atoms with van der Waals surface area (Å²) in [6, 6.07) is 0.736. The third-order valence-electron chi connectivity index (χ3n) is 3.36. The van der Waals surface area contributed by atoms with E-state index < -0.39 is 0 Å². The molecule has 0 aromatic carbocycles. The van der Waals surface area contributed by atoms with Crippen molar-refractivity contribution in [3.05, 3.63) is 0 Å². The molecule has 1 aliphatic heterocycles. The first-order valence-electron chi connectivity index (χ1n) is 5.53.